The van der Waals surface area contributed by atoms with Gasteiger partial charge in [0.2, 0.25) is 0 Å². The van der Waals surface area contributed by atoms with Crippen LogP contribution in [0.3, 0.4) is 0 Å². The summed E-state index contributed by atoms with van der Waals surface area (Å²) in [6.07, 6.45) is 5.51. The highest BCUT2D eigenvalue weighted by molar-refractivity contribution is 6.31. The zero-order valence-electron chi connectivity index (χ0n) is 17.1. The molecule has 2 aromatic heterocycles. The zero-order valence-corrected chi connectivity index (χ0v) is 17.8. The minimum absolute atomic E-state index is 0.215. The second-order valence-electron chi connectivity index (χ2n) is 7.33. The van der Waals surface area contributed by atoms with Gasteiger partial charge >= 0.3 is 6.03 Å². The van der Waals surface area contributed by atoms with Crippen LogP contribution in [0, 0.1) is 0 Å². The van der Waals surface area contributed by atoms with Crippen molar-refractivity contribution in [3.63, 3.8) is 0 Å². The number of alkyl halides is 1. The van der Waals surface area contributed by atoms with Crippen LogP contribution in [0.5, 0.6) is 0 Å². The molecule has 2 heterocycles. The second kappa shape index (κ2) is 8.73. The number of pyridine rings is 2. The number of fused-ring (bicyclic) bond motifs is 1. The molecule has 1 aliphatic rings. The lowest BCUT2D eigenvalue weighted by Crippen LogP contribution is -2.27. The van der Waals surface area contributed by atoms with E-state index in [1.165, 1.54) is 4.90 Å². The van der Waals surface area contributed by atoms with Crippen molar-refractivity contribution in [2.45, 2.75) is 12.6 Å². The van der Waals surface area contributed by atoms with E-state index in [0.29, 0.717) is 33.2 Å². The zero-order chi connectivity index (χ0) is 22.0. The van der Waals surface area contributed by atoms with Crippen LogP contribution in [-0.2, 0) is 0 Å². The number of nitrogens with zero attached hydrogens (tertiary/aromatic N) is 3. The van der Waals surface area contributed by atoms with Gasteiger partial charge in [-0.2, -0.15) is 0 Å². The third-order valence-electron chi connectivity index (χ3n) is 4.90. The largest absolute Gasteiger partial charge is 0.353 e. The highest BCUT2D eigenvalue weighted by Gasteiger charge is 2.21. The normalized spacial score (nSPS) is 15.8. The average molecular weight is 438 g/mol. The van der Waals surface area contributed by atoms with Gasteiger partial charge in [0.25, 0.3) is 0 Å². The second-order valence-corrected chi connectivity index (χ2v) is 7.77. The summed E-state index contributed by atoms with van der Waals surface area (Å²) in [4.78, 5) is 22.3. The van der Waals surface area contributed by atoms with Gasteiger partial charge in [-0.3, -0.25) is 4.98 Å². The maximum absolute atomic E-state index is 14.7. The monoisotopic (exact) mass is 437 g/mol. The molecule has 0 aliphatic heterocycles. The molecule has 0 spiro atoms. The Bertz CT molecular complexity index is 1210. The summed E-state index contributed by atoms with van der Waals surface area (Å²) < 4.78 is 14.7. The van der Waals surface area contributed by atoms with Crippen LogP contribution in [0.2, 0.25) is 0 Å². The number of anilines is 3. The number of carbonyl (C=O) groups excluding carboxylic acids is 1. The quantitative estimate of drug-likeness (QED) is 0.548. The summed E-state index contributed by atoms with van der Waals surface area (Å²) in [5, 5.41) is 7.53. The number of nitrogens with one attached hydrogen (secondary N) is 2. The third kappa shape index (κ3) is 4.51. The van der Waals surface area contributed by atoms with Crippen molar-refractivity contribution in [2.24, 2.45) is 0 Å². The number of hydrogen-bond acceptors (Lipinski definition) is 4. The first-order chi connectivity index (χ1) is 14.9. The summed E-state index contributed by atoms with van der Waals surface area (Å²) in [6.45, 7) is 0. The molecule has 31 heavy (non-hydrogen) atoms. The Kier molecular flexibility index (Phi) is 5.86. The molecule has 2 N–H and O–H groups in total. The number of rotatable bonds is 4. The van der Waals surface area contributed by atoms with E-state index in [-0.39, 0.29) is 12.5 Å². The van der Waals surface area contributed by atoms with Crippen molar-refractivity contribution < 1.29 is 9.18 Å². The van der Waals surface area contributed by atoms with Crippen LogP contribution in [0.4, 0.5) is 26.2 Å². The molecular formula is C23H21ClFN5O. The number of halogens is 2. The van der Waals surface area contributed by atoms with Gasteiger partial charge in [0.1, 0.15) is 6.17 Å². The van der Waals surface area contributed by atoms with E-state index in [9.17, 15) is 9.18 Å². The number of allylic oxidation sites excluding steroid dienone is 4. The van der Waals surface area contributed by atoms with Crippen molar-refractivity contribution >= 4 is 51.2 Å². The first-order valence-electron chi connectivity index (χ1n) is 9.73. The predicted octanol–water partition coefficient (Wildman–Crippen LogP) is 5.71. The SMILES string of the molecule is CN(C)C(=O)Nc1cnccc1Nc1cc(C2=CC(Cl)=CCC2F)nc2ccccc12. The highest BCUT2D eigenvalue weighted by Crippen LogP contribution is 2.35. The van der Waals surface area contributed by atoms with E-state index in [1.54, 1.807) is 50.8 Å². The van der Waals surface area contributed by atoms with Gasteiger partial charge < -0.3 is 15.5 Å². The number of urea groups is 1. The predicted molar refractivity (Wildman–Crippen MR) is 123 cm³/mol. The van der Waals surface area contributed by atoms with E-state index < -0.39 is 6.17 Å². The van der Waals surface area contributed by atoms with E-state index in [1.807, 2.05) is 24.3 Å². The molecule has 0 fully saturated rings. The number of carbonyl (C=O) groups is 1. The van der Waals surface area contributed by atoms with Gasteiger partial charge in [0.05, 0.1) is 34.5 Å². The molecule has 0 bridgehead atoms. The Morgan fingerprint density at radius 2 is 2.00 bits per heavy atom. The summed E-state index contributed by atoms with van der Waals surface area (Å²) in [6, 6.07) is 10.9. The van der Waals surface area contributed by atoms with Gasteiger partial charge in [-0.25, -0.2) is 14.2 Å². The van der Waals surface area contributed by atoms with Crippen molar-refractivity contribution in [3.8, 4) is 0 Å². The van der Waals surface area contributed by atoms with Gasteiger partial charge in [-0.05, 0) is 24.3 Å². The Morgan fingerprint density at radius 1 is 1.19 bits per heavy atom. The Hall–Kier alpha value is -3.45. The highest BCUT2D eigenvalue weighted by atomic mass is 35.5. The van der Waals surface area contributed by atoms with Gasteiger partial charge in [0, 0.05) is 42.7 Å². The topological polar surface area (TPSA) is 70.2 Å². The van der Waals surface area contributed by atoms with Crippen LogP contribution >= 0.6 is 11.6 Å². The van der Waals surface area contributed by atoms with Crippen LogP contribution < -0.4 is 10.6 Å². The molecule has 1 aromatic carbocycles. The standard InChI is InChI=1S/C23H21ClFN5O/c1-30(2)23(31)29-22-13-26-10-9-19(22)28-20-12-21(16-11-14(24)7-8-17(16)25)27-18-6-4-3-5-15(18)20/h3-7,9-13,17H,8H2,1-2H3,(H,29,31)(H,26,27,28). The Labute approximate surface area is 184 Å². The molecule has 1 unspecified atom stereocenters. The number of hydrogen-bond donors (Lipinski definition) is 2. The molecule has 0 radical (unpaired) electrons. The van der Waals surface area contributed by atoms with Gasteiger partial charge in [-0.15, -0.1) is 0 Å². The molecule has 6 nitrogen and oxygen atoms in total. The maximum atomic E-state index is 14.7. The Balaban J connectivity index is 1.79. The third-order valence-corrected chi connectivity index (χ3v) is 5.16. The lowest BCUT2D eigenvalue weighted by molar-refractivity contribution is 0.230. The molecule has 4 rings (SSSR count). The molecular weight excluding hydrogens is 417 g/mol. The van der Waals surface area contributed by atoms with Crippen molar-refractivity contribution in [1.29, 1.82) is 0 Å². The summed E-state index contributed by atoms with van der Waals surface area (Å²) >= 11 is 6.13. The first-order valence-corrected chi connectivity index (χ1v) is 10.1. The van der Waals surface area contributed by atoms with E-state index in [2.05, 4.69) is 20.6 Å². The summed E-state index contributed by atoms with van der Waals surface area (Å²) in [7, 11) is 3.32. The fourth-order valence-corrected chi connectivity index (χ4v) is 3.48. The molecule has 1 aliphatic carbocycles. The number of para-hydroxylation sites is 1. The van der Waals surface area contributed by atoms with Crippen LogP contribution in [0.1, 0.15) is 12.1 Å². The summed E-state index contributed by atoms with van der Waals surface area (Å²) in [5.74, 6) is 0. The van der Waals surface area contributed by atoms with E-state index in [0.717, 1.165) is 11.1 Å². The van der Waals surface area contributed by atoms with Crippen LogP contribution in [-0.4, -0.2) is 41.2 Å². The van der Waals surface area contributed by atoms with Gasteiger partial charge in [0.15, 0.2) is 0 Å². The van der Waals surface area contributed by atoms with Crippen molar-refractivity contribution in [2.75, 3.05) is 24.7 Å². The molecule has 3 aromatic rings. The van der Waals surface area contributed by atoms with Crippen LogP contribution in [0.25, 0.3) is 16.5 Å². The molecule has 0 saturated heterocycles. The fraction of sp³-hybridized carbons (Fsp3) is 0.174. The smallest absolute Gasteiger partial charge is 0.321 e. The lowest BCUT2D eigenvalue weighted by atomic mass is 9.98. The van der Waals surface area contributed by atoms with Crippen molar-refractivity contribution in [1.82, 2.24) is 14.9 Å². The number of amides is 2. The molecule has 0 saturated carbocycles. The molecule has 2 amide bonds. The summed E-state index contributed by atoms with van der Waals surface area (Å²) in [5.41, 5.74) is 3.57. The lowest BCUT2D eigenvalue weighted by Gasteiger charge is -2.19. The van der Waals surface area contributed by atoms with Crippen molar-refractivity contribution in [3.05, 3.63) is 71.7 Å². The van der Waals surface area contributed by atoms with E-state index in [4.69, 9.17) is 11.6 Å². The fourth-order valence-electron chi connectivity index (χ4n) is 3.28. The minimum atomic E-state index is -1.18. The minimum Gasteiger partial charge on any atom is -0.353 e. The van der Waals surface area contributed by atoms with Crippen LogP contribution in [0.15, 0.2) is 66.0 Å². The van der Waals surface area contributed by atoms with Gasteiger partial charge in [-0.1, -0.05) is 35.9 Å². The Morgan fingerprint density at radius 3 is 2.81 bits per heavy atom. The first kappa shape index (κ1) is 20.8. The molecule has 8 heteroatoms. The number of benzene rings is 1. The average Bonchev–Trinajstić information content (AvgIpc) is 2.76. The number of aromatic nitrogens is 2. The molecule has 1 atom stereocenters. The molecule has 158 valence electrons. The maximum Gasteiger partial charge on any atom is 0.321 e. The van der Waals surface area contributed by atoms with E-state index >= 15 is 0 Å².